The maximum Gasteiger partial charge on any atom is 0.269 e. The number of rotatable bonds is 7. The van der Waals surface area contributed by atoms with Gasteiger partial charge in [-0.15, -0.1) is 0 Å². The number of pyridine rings is 1. The molecule has 1 heterocycles. The summed E-state index contributed by atoms with van der Waals surface area (Å²) in [7, 11) is 0. The zero-order chi connectivity index (χ0) is 13.4. The molecule has 0 bridgehead atoms. The van der Waals surface area contributed by atoms with E-state index in [-0.39, 0.29) is 5.91 Å². The number of nitrogens with zero attached hydrogens (tertiary/aromatic N) is 1. The second-order valence-corrected chi connectivity index (χ2v) is 4.86. The van der Waals surface area contributed by atoms with Crippen molar-refractivity contribution in [2.45, 2.75) is 39.5 Å². The molecule has 0 aliphatic heterocycles. The van der Waals surface area contributed by atoms with E-state index in [0.717, 1.165) is 12.8 Å². The Balaban J connectivity index is 2.44. The molecule has 0 aliphatic carbocycles. The van der Waals surface area contributed by atoms with Gasteiger partial charge in [0.2, 0.25) is 0 Å². The fourth-order valence-electron chi connectivity index (χ4n) is 1.81. The molecule has 1 atom stereocenters. The summed E-state index contributed by atoms with van der Waals surface area (Å²) < 4.78 is 0. The molecule has 0 aliphatic rings. The van der Waals surface area contributed by atoms with Gasteiger partial charge in [0.05, 0.1) is 0 Å². The molecule has 1 aromatic rings. The van der Waals surface area contributed by atoms with Gasteiger partial charge in [0.25, 0.3) is 5.91 Å². The van der Waals surface area contributed by atoms with Crippen molar-refractivity contribution in [2.24, 2.45) is 5.92 Å². The lowest BCUT2D eigenvalue weighted by Crippen LogP contribution is -2.29. The lowest BCUT2D eigenvalue weighted by molar-refractivity contribution is 0.0941. The van der Waals surface area contributed by atoms with Gasteiger partial charge in [-0.3, -0.25) is 4.79 Å². The molecule has 0 spiro atoms. The number of hydrogen-bond acceptors (Lipinski definition) is 2. The molecule has 1 aromatic heterocycles. The van der Waals surface area contributed by atoms with E-state index in [9.17, 15) is 4.79 Å². The van der Waals surface area contributed by atoms with E-state index < -0.39 is 0 Å². The van der Waals surface area contributed by atoms with Crippen molar-refractivity contribution in [2.75, 3.05) is 6.54 Å². The van der Waals surface area contributed by atoms with Crippen LogP contribution in [0.25, 0.3) is 0 Å². The zero-order valence-corrected chi connectivity index (χ0v) is 11.8. The van der Waals surface area contributed by atoms with Crippen LogP contribution < -0.4 is 5.32 Å². The van der Waals surface area contributed by atoms with Gasteiger partial charge in [0.15, 0.2) is 0 Å². The van der Waals surface area contributed by atoms with Crippen molar-refractivity contribution in [3.8, 4) is 0 Å². The minimum absolute atomic E-state index is 0.146. The molecule has 0 saturated carbocycles. The number of nitrogens with one attached hydrogen (secondary N) is 1. The van der Waals surface area contributed by atoms with Crippen LogP contribution in [0, 0.1) is 5.92 Å². The van der Waals surface area contributed by atoms with Crippen LogP contribution in [0.15, 0.2) is 18.2 Å². The molecule has 0 aromatic carbocycles. The average molecular weight is 269 g/mol. The summed E-state index contributed by atoms with van der Waals surface area (Å²) in [4.78, 5) is 15.9. The second-order valence-electron chi connectivity index (χ2n) is 4.47. The summed E-state index contributed by atoms with van der Waals surface area (Å²) in [6.45, 7) is 5.05. The second kappa shape index (κ2) is 8.09. The first-order valence-corrected chi connectivity index (χ1v) is 6.95. The normalized spacial score (nSPS) is 12.2. The largest absolute Gasteiger partial charge is 0.350 e. The highest BCUT2D eigenvalue weighted by Gasteiger charge is 2.10. The fourth-order valence-corrected chi connectivity index (χ4v) is 1.97. The molecule has 1 amide bonds. The Morgan fingerprint density at radius 1 is 1.44 bits per heavy atom. The molecular weight excluding hydrogens is 248 g/mol. The third-order valence-corrected chi connectivity index (χ3v) is 3.25. The number of carbonyl (C=O) groups is 1. The van der Waals surface area contributed by atoms with Crippen LogP contribution in [0.3, 0.4) is 0 Å². The first kappa shape index (κ1) is 15.0. The molecule has 100 valence electrons. The summed E-state index contributed by atoms with van der Waals surface area (Å²) >= 11 is 5.76. The molecule has 4 heteroatoms. The van der Waals surface area contributed by atoms with Gasteiger partial charge in [0.1, 0.15) is 10.8 Å². The predicted octanol–water partition coefficient (Wildman–Crippen LogP) is 3.68. The van der Waals surface area contributed by atoms with Crippen LogP contribution in [0.4, 0.5) is 0 Å². The van der Waals surface area contributed by atoms with Crippen LogP contribution in [-0.4, -0.2) is 17.4 Å². The Labute approximate surface area is 114 Å². The maximum absolute atomic E-state index is 11.9. The highest BCUT2D eigenvalue weighted by atomic mass is 35.5. The monoisotopic (exact) mass is 268 g/mol. The molecule has 3 nitrogen and oxygen atoms in total. The number of amides is 1. The SMILES string of the molecule is CCCCC(CC)CNC(=O)c1cccc(Cl)n1. The van der Waals surface area contributed by atoms with Crippen LogP contribution >= 0.6 is 11.6 Å². The van der Waals surface area contributed by atoms with E-state index in [1.165, 1.54) is 12.8 Å². The van der Waals surface area contributed by atoms with Crippen molar-refractivity contribution >= 4 is 17.5 Å². The number of halogens is 1. The number of hydrogen-bond donors (Lipinski definition) is 1. The molecule has 18 heavy (non-hydrogen) atoms. The average Bonchev–Trinajstić information content (AvgIpc) is 2.38. The van der Waals surface area contributed by atoms with Crippen molar-refractivity contribution in [3.63, 3.8) is 0 Å². The Bertz CT molecular complexity index is 382. The highest BCUT2D eigenvalue weighted by Crippen LogP contribution is 2.11. The number of carbonyl (C=O) groups excluding carboxylic acids is 1. The van der Waals surface area contributed by atoms with E-state index in [2.05, 4.69) is 24.1 Å². The van der Waals surface area contributed by atoms with Gasteiger partial charge in [-0.05, 0) is 24.5 Å². The van der Waals surface area contributed by atoms with Crippen molar-refractivity contribution < 1.29 is 4.79 Å². The Morgan fingerprint density at radius 3 is 2.83 bits per heavy atom. The Morgan fingerprint density at radius 2 is 2.22 bits per heavy atom. The fraction of sp³-hybridized carbons (Fsp3) is 0.571. The third-order valence-electron chi connectivity index (χ3n) is 3.04. The first-order valence-electron chi connectivity index (χ1n) is 6.58. The van der Waals surface area contributed by atoms with E-state index in [1.54, 1.807) is 18.2 Å². The van der Waals surface area contributed by atoms with Gasteiger partial charge in [-0.2, -0.15) is 0 Å². The minimum Gasteiger partial charge on any atom is -0.350 e. The Hall–Kier alpha value is -1.09. The van der Waals surface area contributed by atoms with Crippen LogP contribution in [0.1, 0.15) is 50.0 Å². The highest BCUT2D eigenvalue weighted by molar-refractivity contribution is 6.29. The van der Waals surface area contributed by atoms with Crippen LogP contribution in [0.2, 0.25) is 5.15 Å². The molecule has 1 N–H and O–H groups in total. The summed E-state index contributed by atoms with van der Waals surface area (Å²) in [5.41, 5.74) is 0.382. The summed E-state index contributed by atoms with van der Waals surface area (Å²) in [5.74, 6) is 0.403. The minimum atomic E-state index is -0.146. The standard InChI is InChI=1S/C14H21ClN2O/c1-3-5-7-11(4-2)10-16-14(18)12-8-6-9-13(15)17-12/h6,8-9,11H,3-5,7,10H2,1-2H3,(H,16,18). The van der Waals surface area contributed by atoms with Gasteiger partial charge in [0, 0.05) is 6.54 Å². The summed E-state index contributed by atoms with van der Waals surface area (Å²) in [5, 5.41) is 3.27. The molecule has 1 unspecified atom stereocenters. The van der Waals surface area contributed by atoms with Crippen molar-refractivity contribution in [3.05, 3.63) is 29.0 Å². The predicted molar refractivity (Wildman–Crippen MR) is 74.9 cm³/mol. The molecule has 0 fully saturated rings. The summed E-state index contributed by atoms with van der Waals surface area (Å²) in [6.07, 6.45) is 4.66. The van der Waals surface area contributed by atoms with E-state index in [1.807, 2.05) is 0 Å². The smallest absolute Gasteiger partial charge is 0.269 e. The number of unbranched alkanes of at least 4 members (excludes halogenated alkanes) is 1. The van der Waals surface area contributed by atoms with Gasteiger partial charge in [-0.25, -0.2) is 4.98 Å². The van der Waals surface area contributed by atoms with Gasteiger partial charge in [-0.1, -0.05) is 50.8 Å². The van der Waals surface area contributed by atoms with Gasteiger partial charge >= 0.3 is 0 Å². The first-order chi connectivity index (χ1) is 8.67. The molecule has 0 saturated heterocycles. The quantitative estimate of drug-likeness (QED) is 0.767. The lowest BCUT2D eigenvalue weighted by Gasteiger charge is -2.15. The third kappa shape index (κ3) is 5.05. The topological polar surface area (TPSA) is 42.0 Å². The van der Waals surface area contributed by atoms with Crippen LogP contribution in [-0.2, 0) is 0 Å². The van der Waals surface area contributed by atoms with Crippen molar-refractivity contribution in [1.82, 2.24) is 10.3 Å². The molecular formula is C14H21ClN2O. The van der Waals surface area contributed by atoms with E-state index >= 15 is 0 Å². The molecule has 0 radical (unpaired) electrons. The number of aromatic nitrogens is 1. The van der Waals surface area contributed by atoms with E-state index in [0.29, 0.717) is 23.3 Å². The van der Waals surface area contributed by atoms with Crippen LogP contribution in [0.5, 0.6) is 0 Å². The van der Waals surface area contributed by atoms with Gasteiger partial charge < -0.3 is 5.32 Å². The molecule has 1 rings (SSSR count). The van der Waals surface area contributed by atoms with Crippen molar-refractivity contribution in [1.29, 1.82) is 0 Å². The zero-order valence-electron chi connectivity index (χ0n) is 11.1. The van der Waals surface area contributed by atoms with E-state index in [4.69, 9.17) is 11.6 Å². The lowest BCUT2D eigenvalue weighted by atomic mass is 9.99. The summed E-state index contributed by atoms with van der Waals surface area (Å²) in [6, 6.07) is 5.07. The maximum atomic E-state index is 11.9. The Kier molecular flexibility index (Phi) is 6.73.